The number of aromatic nitrogens is 4. The summed E-state index contributed by atoms with van der Waals surface area (Å²) >= 11 is 2.15. The van der Waals surface area contributed by atoms with Crippen LogP contribution in [0.25, 0.3) is 22.1 Å². The van der Waals surface area contributed by atoms with Crippen LogP contribution in [-0.4, -0.2) is 152 Å². The second-order valence-corrected chi connectivity index (χ2v) is 23.5. The number of para-hydroxylation sites is 4. The average molecular weight is 1340 g/mol. The van der Waals surface area contributed by atoms with Crippen molar-refractivity contribution in [2.45, 2.75) is 178 Å². The van der Waals surface area contributed by atoms with Gasteiger partial charge in [-0.15, -0.1) is 0 Å². The van der Waals surface area contributed by atoms with Gasteiger partial charge in [-0.1, -0.05) is 109 Å². The van der Waals surface area contributed by atoms with Crippen LogP contribution < -0.4 is 119 Å². The number of esters is 2. The Morgan fingerprint density at radius 1 is 0.612 bits per heavy atom. The molecule has 6 unspecified atom stereocenters. The van der Waals surface area contributed by atoms with E-state index in [-0.39, 0.29) is 183 Å². The van der Waals surface area contributed by atoms with Crippen LogP contribution in [-0.2, 0) is 43.1 Å². The monoisotopic (exact) mass is 1340 g/mol. The number of nitrogens with zero attached hydrogens (tertiary/aromatic N) is 8. The first-order valence-electron chi connectivity index (χ1n) is 30.1. The number of fused-ring (bicyclic) bond motifs is 10. The molecule has 4 aliphatic heterocycles. The van der Waals surface area contributed by atoms with Crippen LogP contribution in [0.1, 0.15) is 154 Å². The minimum atomic E-state index is -0.861. The van der Waals surface area contributed by atoms with Crippen LogP contribution in [0.15, 0.2) is 68.4 Å². The molecule has 6 heterocycles. The predicted molar refractivity (Wildman–Crippen MR) is 319 cm³/mol. The topological polar surface area (TPSA) is 251 Å². The molecular formula is C61H83IK2N8O13. The van der Waals surface area contributed by atoms with Crippen LogP contribution in [0.5, 0.6) is 0 Å². The molecule has 8 fully saturated rings. The van der Waals surface area contributed by atoms with Crippen LogP contribution in [0.3, 0.4) is 0 Å². The second kappa shape index (κ2) is 34.3. The van der Waals surface area contributed by atoms with Gasteiger partial charge in [-0.25, -0.2) is 19.6 Å². The molecule has 21 nitrogen and oxygen atoms in total. The zero-order valence-electron chi connectivity index (χ0n) is 51.4. The summed E-state index contributed by atoms with van der Waals surface area (Å²) in [5.41, 5.74) is 1.09. The van der Waals surface area contributed by atoms with Crippen molar-refractivity contribution in [2.75, 3.05) is 51.7 Å². The first kappa shape index (κ1) is 70.3. The van der Waals surface area contributed by atoms with Crippen molar-refractivity contribution in [3.8, 4) is 0 Å². The van der Waals surface area contributed by atoms with E-state index in [9.17, 15) is 24.4 Å². The van der Waals surface area contributed by atoms with Crippen molar-refractivity contribution in [3.63, 3.8) is 0 Å². The predicted octanol–water partition coefficient (Wildman–Crippen LogP) is 1.58. The molecule has 0 amide bonds. The Morgan fingerprint density at radius 2 is 0.965 bits per heavy atom. The fraction of sp³-hybridized carbons (Fsp3) is 0.656. The summed E-state index contributed by atoms with van der Waals surface area (Å²) in [6.45, 7) is 6.20. The first-order valence-corrected chi connectivity index (χ1v) is 32.2. The zero-order chi connectivity index (χ0) is 58.6. The van der Waals surface area contributed by atoms with Gasteiger partial charge in [0.25, 0.3) is 17.6 Å². The summed E-state index contributed by atoms with van der Waals surface area (Å²) in [5.74, 6) is 1.81. The largest absolute Gasteiger partial charge is 1.00 e. The van der Waals surface area contributed by atoms with E-state index < -0.39 is 23.2 Å². The number of benzene rings is 2. The van der Waals surface area contributed by atoms with E-state index in [4.69, 9.17) is 33.8 Å². The fourth-order valence-corrected chi connectivity index (χ4v) is 15.9. The minimum Gasteiger partial charge on any atom is -1.00 e. The Bertz CT molecular complexity index is 3010. The number of rotatable bonds is 12. The van der Waals surface area contributed by atoms with Gasteiger partial charge in [0.2, 0.25) is 11.4 Å². The molecule has 4 aromatic rings. The molecule has 0 spiro atoms. The number of alkyl halides is 1. The van der Waals surface area contributed by atoms with Crippen molar-refractivity contribution in [1.82, 2.24) is 28.9 Å². The van der Waals surface area contributed by atoms with Crippen molar-refractivity contribution >= 4 is 74.5 Å². The number of morpholine rings is 2. The van der Waals surface area contributed by atoms with Gasteiger partial charge in [-0.05, 0) is 131 Å². The van der Waals surface area contributed by atoms with Crippen molar-refractivity contribution in [1.29, 1.82) is 0 Å². The maximum Gasteiger partial charge on any atom is 1.00 e. The molecule has 2 aromatic carbocycles. The smallest absolute Gasteiger partial charge is 1.00 e. The van der Waals surface area contributed by atoms with E-state index in [1.807, 2.05) is 58.0 Å². The molecule has 10 atom stereocenters. The maximum absolute atomic E-state index is 14.1. The summed E-state index contributed by atoms with van der Waals surface area (Å²) in [7, 11) is 1.34. The SMILES string of the molecule is CCOC(=O)C(=NO)c1nc2ccccc2n(C2C[C@H]3COC[C@@H](C2)N3C2CC3CCCCC(C3)C2)c1=O.CCOC(=O)C(=NOC)c1nc2ccccc2n(C2C[C@H]3COC[C@@H](C2)N3C2CC3CCCCC(C3)C2)c1=O.CI.O=CO[O-].[H-].[K+].[K+]. The van der Waals surface area contributed by atoms with E-state index in [1.54, 1.807) is 18.4 Å². The molecule has 4 saturated heterocycles. The van der Waals surface area contributed by atoms with Gasteiger partial charge in [-0.3, -0.25) is 24.2 Å². The molecule has 24 heteroatoms. The molecule has 8 aliphatic rings. The van der Waals surface area contributed by atoms with Gasteiger partial charge >= 0.3 is 115 Å². The van der Waals surface area contributed by atoms with E-state index >= 15 is 0 Å². The standard InChI is InChI=1S/C30H40N4O5.C29H38N4O5.CH3I.CH2O3.2K.H/c1-3-39-30(36)28(32-37-2)27-29(35)34(26-11-7-6-10-25(26)31-27)22-15-23-17-38-18-24(16-22)33(23)21-13-19-8-4-5-9-20(12-19)14-21;1-2-38-29(35)27(31-36)26-28(34)33(25-10-6-5-9-24(25)30-26)21-14-22-16-37-17-23(15-21)32(22)20-12-18-7-3-4-8-19(11-18)13-20;1-2;2-1-4-3;;;/h6-7,10-11,19-24H,3-5,8-9,12-18H2,1-2H3;5-6,9-10,18-23,36H,2-4,7-8,11-17H2,1H3;1H3;1,3H;;;/q;;;;2*+1;-1/p-1/t19?,20?,21?,22?,23-,24+;18?,19?,20?,21?,22-,23+;;;;;. The summed E-state index contributed by atoms with van der Waals surface area (Å²) in [6, 6.07) is 17.2. The van der Waals surface area contributed by atoms with Gasteiger partial charge < -0.3 is 49.7 Å². The molecule has 0 radical (unpaired) electrons. The molecular weight excluding hydrogens is 1260 g/mol. The Morgan fingerprint density at radius 3 is 1.31 bits per heavy atom. The quantitative estimate of drug-likeness (QED) is 0.0243. The Balaban J connectivity index is 0.000000244. The Kier molecular flexibility index (Phi) is 28.4. The van der Waals surface area contributed by atoms with Crippen molar-refractivity contribution in [2.24, 2.45) is 34.0 Å². The fourth-order valence-electron chi connectivity index (χ4n) is 15.9. The van der Waals surface area contributed by atoms with Crippen molar-refractivity contribution < 1.29 is 158 Å². The molecule has 1 N–H and O–H groups in total. The summed E-state index contributed by atoms with van der Waals surface area (Å²) < 4.78 is 26.0. The van der Waals surface area contributed by atoms with E-state index in [0.29, 0.717) is 49.5 Å². The van der Waals surface area contributed by atoms with Crippen LogP contribution in [0, 0.1) is 23.7 Å². The Hall–Kier alpha value is -2.13. The normalized spacial score (nSPS) is 29.1. The summed E-state index contributed by atoms with van der Waals surface area (Å²) in [4.78, 5) is 86.0. The number of piperidine rings is 2. The molecule has 12 rings (SSSR count). The van der Waals surface area contributed by atoms with E-state index in [0.717, 1.165) is 60.4 Å². The number of hydrogen-bond acceptors (Lipinski definition) is 19. The number of carbonyl (C=O) groups is 3. The molecule has 4 saturated carbocycles. The zero-order valence-corrected chi connectivity index (χ0v) is 58.8. The third-order valence-corrected chi connectivity index (χ3v) is 18.7. The first-order chi connectivity index (χ1) is 40.5. The third kappa shape index (κ3) is 16.5. The number of carbonyl (C=O) groups excluding carboxylic acids is 3. The van der Waals surface area contributed by atoms with Crippen LogP contribution in [0.2, 0.25) is 0 Å². The maximum atomic E-state index is 14.1. The average Bonchev–Trinajstić information content (AvgIpc) is 0.903. The Labute approximate surface area is 597 Å². The second-order valence-electron chi connectivity index (χ2n) is 23.5. The van der Waals surface area contributed by atoms with Crippen LogP contribution in [0.4, 0.5) is 0 Å². The number of ether oxygens (including phenoxy) is 4. The van der Waals surface area contributed by atoms with Crippen LogP contribution >= 0.6 is 22.6 Å². The van der Waals surface area contributed by atoms with Gasteiger partial charge in [0.15, 0.2) is 11.4 Å². The number of halogens is 1. The van der Waals surface area contributed by atoms with Gasteiger partial charge in [0.05, 0.1) is 61.7 Å². The molecule has 85 heavy (non-hydrogen) atoms. The number of oxime groups is 2. The summed E-state index contributed by atoms with van der Waals surface area (Å²) in [5, 5.41) is 25.1. The molecule has 8 bridgehead atoms. The number of hydrogen-bond donors (Lipinski definition) is 1. The van der Waals surface area contributed by atoms with Gasteiger partial charge in [0, 0.05) is 48.3 Å². The molecule has 454 valence electrons. The minimum absolute atomic E-state index is 0. The summed E-state index contributed by atoms with van der Waals surface area (Å²) in [6.07, 6.45) is 22.2. The molecule has 4 aliphatic carbocycles. The van der Waals surface area contributed by atoms with Gasteiger partial charge in [-0.2, -0.15) is 0 Å². The van der Waals surface area contributed by atoms with E-state index in [1.165, 1.54) is 97.0 Å². The third-order valence-electron chi connectivity index (χ3n) is 18.7. The van der Waals surface area contributed by atoms with E-state index in [2.05, 4.69) is 57.6 Å². The van der Waals surface area contributed by atoms with Gasteiger partial charge in [0.1, 0.15) is 7.11 Å². The van der Waals surface area contributed by atoms with Crippen molar-refractivity contribution in [3.05, 3.63) is 80.6 Å². The molecule has 2 aromatic heterocycles.